The molecular formula is C24H40IN7O. The van der Waals surface area contributed by atoms with E-state index in [0.29, 0.717) is 6.04 Å². The Labute approximate surface area is 215 Å². The number of benzene rings is 1. The smallest absolute Gasteiger partial charge is 0.191 e. The molecule has 1 aromatic heterocycles. The molecule has 1 aliphatic rings. The molecule has 3 rings (SSSR count). The van der Waals surface area contributed by atoms with Crippen LogP contribution in [-0.2, 0) is 19.4 Å². The molecule has 2 heterocycles. The Morgan fingerprint density at radius 3 is 2.58 bits per heavy atom. The highest BCUT2D eigenvalue weighted by Crippen LogP contribution is 2.12. The number of hydrogen-bond donors (Lipinski definition) is 2. The van der Waals surface area contributed by atoms with E-state index < -0.39 is 0 Å². The number of methoxy groups -OCH3 is 1. The zero-order valence-electron chi connectivity index (χ0n) is 20.3. The number of nitrogens with zero attached hydrogens (tertiary/aromatic N) is 5. The van der Waals surface area contributed by atoms with Gasteiger partial charge < -0.3 is 24.8 Å². The van der Waals surface area contributed by atoms with Crippen LogP contribution < -0.4 is 15.4 Å². The number of likely N-dealkylation sites (tertiary alicyclic amines) is 1. The number of halogens is 1. The lowest BCUT2D eigenvalue weighted by molar-refractivity contribution is 0.206. The zero-order chi connectivity index (χ0) is 22.6. The molecule has 9 heteroatoms. The van der Waals surface area contributed by atoms with Crippen molar-refractivity contribution in [2.75, 3.05) is 39.8 Å². The highest BCUT2D eigenvalue weighted by atomic mass is 127. The average molecular weight is 570 g/mol. The fourth-order valence-corrected chi connectivity index (χ4v) is 4.09. The minimum absolute atomic E-state index is 0. The maximum atomic E-state index is 5.25. The molecule has 0 atom stereocenters. The lowest BCUT2D eigenvalue weighted by Crippen LogP contribution is -2.49. The largest absolute Gasteiger partial charge is 0.497 e. The van der Waals surface area contributed by atoms with Crippen LogP contribution in [0.15, 0.2) is 35.6 Å². The van der Waals surface area contributed by atoms with Crippen molar-refractivity contribution in [2.45, 2.75) is 58.5 Å². The van der Waals surface area contributed by atoms with Crippen LogP contribution in [0, 0.1) is 0 Å². The Kier molecular flexibility index (Phi) is 12.5. The van der Waals surface area contributed by atoms with Crippen LogP contribution in [0.5, 0.6) is 5.75 Å². The molecule has 0 radical (unpaired) electrons. The van der Waals surface area contributed by atoms with Gasteiger partial charge in [-0.25, -0.2) is 0 Å². The van der Waals surface area contributed by atoms with Gasteiger partial charge in [0.1, 0.15) is 17.9 Å². The summed E-state index contributed by atoms with van der Waals surface area (Å²) in [6.45, 7) is 10.2. The number of nitrogens with one attached hydrogen (secondary N) is 2. The van der Waals surface area contributed by atoms with Gasteiger partial charge in [-0.05, 0) is 49.9 Å². The number of aliphatic imine (C=N–C) groups is 1. The van der Waals surface area contributed by atoms with Gasteiger partial charge in [0.2, 0.25) is 0 Å². The van der Waals surface area contributed by atoms with Crippen LogP contribution >= 0.6 is 24.0 Å². The molecule has 2 aromatic rings. The van der Waals surface area contributed by atoms with E-state index in [-0.39, 0.29) is 24.0 Å². The molecule has 0 aliphatic carbocycles. The van der Waals surface area contributed by atoms with Crippen LogP contribution in [0.2, 0.25) is 0 Å². The first-order valence-corrected chi connectivity index (χ1v) is 12.0. The first kappa shape index (κ1) is 27.4. The van der Waals surface area contributed by atoms with Crippen molar-refractivity contribution < 1.29 is 4.74 Å². The molecule has 0 amide bonds. The van der Waals surface area contributed by atoms with Crippen molar-refractivity contribution in [3.8, 4) is 5.75 Å². The molecule has 1 fully saturated rings. The lowest BCUT2D eigenvalue weighted by Gasteiger charge is -2.33. The van der Waals surface area contributed by atoms with E-state index in [4.69, 9.17) is 9.73 Å². The summed E-state index contributed by atoms with van der Waals surface area (Å²) in [5, 5.41) is 15.4. The molecule has 1 saturated heterocycles. The molecule has 1 aromatic carbocycles. The van der Waals surface area contributed by atoms with Gasteiger partial charge in [0.25, 0.3) is 0 Å². The molecule has 1 aliphatic heterocycles. The second-order valence-electron chi connectivity index (χ2n) is 8.31. The standard InChI is InChI=1S/C24H39N7O.HI/c1-4-15-30-16-11-21(12-17-30)28-24(26-14-18-31-19-27-29-23(31)5-2)25-13-10-20-6-8-22(32-3)9-7-20;/h6-9,19,21H,4-5,10-18H2,1-3H3,(H2,25,26,28);1H. The Morgan fingerprint density at radius 2 is 1.91 bits per heavy atom. The zero-order valence-corrected chi connectivity index (χ0v) is 22.6. The number of rotatable bonds is 11. The summed E-state index contributed by atoms with van der Waals surface area (Å²) in [7, 11) is 1.69. The van der Waals surface area contributed by atoms with E-state index in [1.807, 2.05) is 12.1 Å². The minimum atomic E-state index is 0. The van der Waals surface area contributed by atoms with Crippen LogP contribution in [0.3, 0.4) is 0 Å². The Morgan fingerprint density at radius 1 is 1.15 bits per heavy atom. The molecule has 0 saturated carbocycles. The van der Waals surface area contributed by atoms with Gasteiger partial charge >= 0.3 is 0 Å². The van der Waals surface area contributed by atoms with Gasteiger partial charge in [-0.3, -0.25) is 4.99 Å². The quantitative estimate of drug-likeness (QED) is 0.246. The van der Waals surface area contributed by atoms with Gasteiger partial charge in [-0.15, -0.1) is 34.2 Å². The van der Waals surface area contributed by atoms with Gasteiger partial charge in [0.15, 0.2) is 5.96 Å². The van der Waals surface area contributed by atoms with E-state index in [2.05, 4.69) is 56.3 Å². The summed E-state index contributed by atoms with van der Waals surface area (Å²) in [5.41, 5.74) is 1.26. The van der Waals surface area contributed by atoms with E-state index in [0.717, 1.165) is 75.9 Å². The lowest BCUT2D eigenvalue weighted by atomic mass is 10.1. The molecular weight excluding hydrogens is 529 g/mol. The molecule has 0 bridgehead atoms. The number of aromatic nitrogens is 3. The van der Waals surface area contributed by atoms with Crippen LogP contribution in [0.1, 0.15) is 44.5 Å². The summed E-state index contributed by atoms with van der Waals surface area (Å²) >= 11 is 0. The van der Waals surface area contributed by atoms with Crippen molar-refractivity contribution in [1.29, 1.82) is 0 Å². The van der Waals surface area contributed by atoms with E-state index in [1.165, 1.54) is 18.5 Å². The molecule has 184 valence electrons. The average Bonchev–Trinajstić information content (AvgIpc) is 3.28. The van der Waals surface area contributed by atoms with E-state index in [9.17, 15) is 0 Å². The maximum absolute atomic E-state index is 5.25. The third kappa shape index (κ3) is 9.11. The Hall–Kier alpha value is -1.88. The summed E-state index contributed by atoms with van der Waals surface area (Å²) < 4.78 is 7.35. The first-order chi connectivity index (χ1) is 15.7. The number of aryl methyl sites for hydroxylation is 1. The van der Waals surface area contributed by atoms with Gasteiger partial charge in [0.05, 0.1) is 7.11 Å². The van der Waals surface area contributed by atoms with Gasteiger partial charge in [-0.2, -0.15) is 0 Å². The van der Waals surface area contributed by atoms with Crippen LogP contribution in [0.4, 0.5) is 0 Å². The summed E-state index contributed by atoms with van der Waals surface area (Å²) in [5.74, 6) is 2.80. The summed E-state index contributed by atoms with van der Waals surface area (Å²) in [6, 6.07) is 8.69. The van der Waals surface area contributed by atoms with Crippen molar-refractivity contribution >= 4 is 29.9 Å². The second-order valence-corrected chi connectivity index (χ2v) is 8.31. The number of ether oxygens (including phenoxy) is 1. The molecule has 8 nitrogen and oxygen atoms in total. The second kappa shape index (κ2) is 15.1. The van der Waals surface area contributed by atoms with Crippen molar-refractivity contribution in [3.05, 3.63) is 42.0 Å². The summed E-state index contributed by atoms with van der Waals surface area (Å²) in [6.07, 6.45) is 7.13. The Bertz CT molecular complexity index is 816. The number of guanidine groups is 1. The topological polar surface area (TPSA) is 79.6 Å². The number of piperidine rings is 1. The molecule has 33 heavy (non-hydrogen) atoms. The van der Waals surface area contributed by atoms with Gasteiger partial charge in [0, 0.05) is 45.2 Å². The monoisotopic (exact) mass is 569 g/mol. The Balaban J connectivity index is 0.00000385. The molecule has 2 N–H and O–H groups in total. The number of hydrogen-bond acceptors (Lipinski definition) is 5. The van der Waals surface area contributed by atoms with Crippen molar-refractivity contribution in [2.24, 2.45) is 4.99 Å². The third-order valence-corrected chi connectivity index (χ3v) is 5.95. The fourth-order valence-electron chi connectivity index (χ4n) is 4.09. The highest BCUT2D eigenvalue weighted by molar-refractivity contribution is 14.0. The maximum Gasteiger partial charge on any atom is 0.191 e. The normalized spacial score (nSPS) is 15.2. The predicted octanol–water partition coefficient (Wildman–Crippen LogP) is 3.12. The van der Waals surface area contributed by atoms with E-state index >= 15 is 0 Å². The van der Waals surface area contributed by atoms with Crippen LogP contribution in [-0.4, -0.2) is 71.5 Å². The molecule has 0 spiro atoms. The van der Waals surface area contributed by atoms with Crippen LogP contribution in [0.25, 0.3) is 0 Å². The highest BCUT2D eigenvalue weighted by Gasteiger charge is 2.19. The molecule has 0 unspecified atom stereocenters. The minimum Gasteiger partial charge on any atom is -0.497 e. The third-order valence-electron chi connectivity index (χ3n) is 5.95. The summed E-state index contributed by atoms with van der Waals surface area (Å²) in [4.78, 5) is 7.44. The predicted molar refractivity (Wildman–Crippen MR) is 145 cm³/mol. The fraction of sp³-hybridized carbons (Fsp3) is 0.625. The van der Waals surface area contributed by atoms with E-state index in [1.54, 1.807) is 13.4 Å². The SMILES string of the molecule is CCCN1CCC(NC(=NCCc2ccc(OC)cc2)NCCn2cnnc2CC)CC1.I. The van der Waals surface area contributed by atoms with Gasteiger partial charge in [-0.1, -0.05) is 26.0 Å². The van der Waals surface area contributed by atoms with Crippen molar-refractivity contribution in [3.63, 3.8) is 0 Å². The van der Waals surface area contributed by atoms with Crippen molar-refractivity contribution in [1.82, 2.24) is 30.3 Å². The first-order valence-electron chi connectivity index (χ1n) is 12.0.